The number of carbonyl (C=O) groups is 1. The summed E-state index contributed by atoms with van der Waals surface area (Å²) in [5.74, 6) is -0.126. The van der Waals surface area contributed by atoms with Crippen LogP contribution in [0.2, 0.25) is 0 Å². The Labute approximate surface area is 149 Å². The number of rotatable bonds is 7. The standard InChI is InChI=1S/C16H20F3NO5S/c1-24-14-8-11(2-4-13(14)25-10-16(17,18)19)3-5-15(21)20-12-6-7-26(22,23)9-12/h2,4,8,12H,3,5-7,9-10H2,1H3,(H,20,21). The predicted molar refractivity (Wildman–Crippen MR) is 88.1 cm³/mol. The highest BCUT2D eigenvalue weighted by molar-refractivity contribution is 7.91. The molecule has 1 aromatic carbocycles. The summed E-state index contributed by atoms with van der Waals surface area (Å²) in [6.45, 7) is -1.42. The molecule has 1 aliphatic rings. The molecule has 1 amide bonds. The number of alkyl halides is 3. The smallest absolute Gasteiger partial charge is 0.422 e. The molecule has 1 fully saturated rings. The van der Waals surface area contributed by atoms with Gasteiger partial charge in [0.05, 0.1) is 18.6 Å². The maximum absolute atomic E-state index is 12.2. The Kier molecular flexibility index (Phi) is 6.38. The van der Waals surface area contributed by atoms with Gasteiger partial charge in [0.1, 0.15) is 0 Å². The van der Waals surface area contributed by atoms with Gasteiger partial charge in [-0.05, 0) is 30.5 Å². The van der Waals surface area contributed by atoms with E-state index in [1.54, 1.807) is 6.07 Å². The number of aryl methyl sites for hydroxylation is 1. The van der Waals surface area contributed by atoms with Crippen LogP contribution in [0.3, 0.4) is 0 Å². The highest BCUT2D eigenvalue weighted by Gasteiger charge is 2.29. The van der Waals surface area contributed by atoms with Crippen molar-refractivity contribution >= 4 is 15.7 Å². The minimum absolute atomic E-state index is 0.0332. The Morgan fingerprint density at radius 2 is 2.04 bits per heavy atom. The van der Waals surface area contributed by atoms with Crippen LogP contribution in [0.15, 0.2) is 18.2 Å². The van der Waals surface area contributed by atoms with Gasteiger partial charge in [0, 0.05) is 12.5 Å². The minimum Gasteiger partial charge on any atom is -0.493 e. The molecule has 0 bridgehead atoms. The molecule has 1 saturated heterocycles. The molecule has 0 aliphatic carbocycles. The molecule has 1 aliphatic heterocycles. The van der Waals surface area contributed by atoms with Gasteiger partial charge in [0.25, 0.3) is 0 Å². The van der Waals surface area contributed by atoms with E-state index in [4.69, 9.17) is 9.47 Å². The van der Waals surface area contributed by atoms with Crippen LogP contribution in [0.1, 0.15) is 18.4 Å². The number of hydrogen-bond acceptors (Lipinski definition) is 5. The molecular weight excluding hydrogens is 375 g/mol. The van der Waals surface area contributed by atoms with E-state index in [1.165, 1.54) is 19.2 Å². The first-order valence-corrected chi connectivity index (χ1v) is 9.76. The third kappa shape index (κ3) is 6.40. The van der Waals surface area contributed by atoms with E-state index in [-0.39, 0.29) is 41.4 Å². The van der Waals surface area contributed by atoms with E-state index >= 15 is 0 Å². The van der Waals surface area contributed by atoms with E-state index in [0.29, 0.717) is 18.4 Å². The average Bonchev–Trinajstić information content (AvgIpc) is 2.89. The zero-order chi connectivity index (χ0) is 19.4. The zero-order valence-electron chi connectivity index (χ0n) is 14.1. The molecule has 1 N–H and O–H groups in total. The first kappa shape index (κ1) is 20.3. The average molecular weight is 395 g/mol. The van der Waals surface area contributed by atoms with Crippen LogP contribution < -0.4 is 14.8 Å². The Balaban J connectivity index is 1.88. The zero-order valence-corrected chi connectivity index (χ0v) is 15.0. The number of carbonyl (C=O) groups excluding carboxylic acids is 1. The van der Waals surface area contributed by atoms with Crippen molar-refractivity contribution in [1.82, 2.24) is 5.32 Å². The summed E-state index contributed by atoms with van der Waals surface area (Å²) in [5, 5.41) is 2.68. The first-order valence-electron chi connectivity index (χ1n) is 7.94. The highest BCUT2D eigenvalue weighted by atomic mass is 32.2. The van der Waals surface area contributed by atoms with Crippen molar-refractivity contribution in [2.45, 2.75) is 31.5 Å². The van der Waals surface area contributed by atoms with Crippen LogP contribution >= 0.6 is 0 Å². The van der Waals surface area contributed by atoms with Crippen molar-refractivity contribution in [3.8, 4) is 11.5 Å². The van der Waals surface area contributed by atoms with Gasteiger partial charge in [0.2, 0.25) is 5.91 Å². The molecule has 2 rings (SSSR count). The van der Waals surface area contributed by atoms with Gasteiger partial charge >= 0.3 is 6.18 Å². The molecule has 1 aromatic rings. The van der Waals surface area contributed by atoms with Gasteiger partial charge in [0.15, 0.2) is 27.9 Å². The van der Waals surface area contributed by atoms with Crippen LogP contribution in [0.5, 0.6) is 11.5 Å². The second-order valence-electron chi connectivity index (χ2n) is 6.06. The summed E-state index contributed by atoms with van der Waals surface area (Å²) >= 11 is 0. The summed E-state index contributed by atoms with van der Waals surface area (Å²) in [6, 6.07) is 4.07. The molecule has 0 saturated carbocycles. The van der Waals surface area contributed by atoms with Gasteiger partial charge in [-0.2, -0.15) is 13.2 Å². The van der Waals surface area contributed by atoms with E-state index < -0.39 is 22.6 Å². The van der Waals surface area contributed by atoms with E-state index in [9.17, 15) is 26.4 Å². The number of halogens is 3. The molecular formula is C16H20F3NO5S. The van der Waals surface area contributed by atoms with Crippen LogP contribution in [0, 0.1) is 0 Å². The fourth-order valence-electron chi connectivity index (χ4n) is 2.61. The minimum atomic E-state index is -4.45. The Morgan fingerprint density at radius 1 is 1.31 bits per heavy atom. The van der Waals surface area contributed by atoms with Crippen LogP contribution in [-0.2, 0) is 21.1 Å². The number of benzene rings is 1. The Hall–Kier alpha value is -1.97. The number of hydrogen-bond donors (Lipinski definition) is 1. The monoisotopic (exact) mass is 395 g/mol. The van der Waals surface area contributed by atoms with Gasteiger partial charge in [-0.1, -0.05) is 6.07 Å². The molecule has 146 valence electrons. The first-order chi connectivity index (χ1) is 12.1. The van der Waals surface area contributed by atoms with Gasteiger partial charge < -0.3 is 14.8 Å². The molecule has 26 heavy (non-hydrogen) atoms. The van der Waals surface area contributed by atoms with Gasteiger partial charge in [-0.25, -0.2) is 8.42 Å². The Bertz CT molecular complexity index is 749. The van der Waals surface area contributed by atoms with Crippen LogP contribution in [0.25, 0.3) is 0 Å². The molecule has 6 nitrogen and oxygen atoms in total. The van der Waals surface area contributed by atoms with E-state index in [0.717, 1.165) is 0 Å². The van der Waals surface area contributed by atoms with Crippen molar-refractivity contribution in [3.63, 3.8) is 0 Å². The quantitative estimate of drug-likeness (QED) is 0.762. The van der Waals surface area contributed by atoms with Gasteiger partial charge in [-0.3, -0.25) is 4.79 Å². The summed E-state index contributed by atoms with van der Waals surface area (Å²) in [5.41, 5.74) is 0.690. The van der Waals surface area contributed by atoms with E-state index in [1.807, 2.05) is 0 Å². The Morgan fingerprint density at radius 3 is 2.62 bits per heavy atom. The maximum Gasteiger partial charge on any atom is 0.422 e. The number of methoxy groups -OCH3 is 1. The lowest BCUT2D eigenvalue weighted by Crippen LogP contribution is -2.35. The second kappa shape index (κ2) is 8.15. The van der Waals surface area contributed by atoms with Crippen molar-refractivity contribution in [2.75, 3.05) is 25.2 Å². The normalized spacial score (nSPS) is 19.2. The lowest BCUT2D eigenvalue weighted by Gasteiger charge is -2.14. The largest absolute Gasteiger partial charge is 0.493 e. The summed E-state index contributed by atoms with van der Waals surface area (Å²) in [6.07, 6.45) is -3.58. The lowest BCUT2D eigenvalue weighted by molar-refractivity contribution is -0.153. The molecule has 0 spiro atoms. The lowest BCUT2D eigenvalue weighted by atomic mass is 10.1. The molecule has 1 heterocycles. The summed E-state index contributed by atoms with van der Waals surface area (Å²) < 4.78 is 69.2. The van der Waals surface area contributed by atoms with E-state index in [2.05, 4.69) is 5.32 Å². The predicted octanol–water partition coefficient (Wildman–Crippen LogP) is 1.87. The molecule has 10 heteroatoms. The van der Waals surface area contributed by atoms with Crippen molar-refractivity contribution in [2.24, 2.45) is 0 Å². The van der Waals surface area contributed by atoms with Crippen LogP contribution in [-0.4, -0.2) is 51.8 Å². The number of amides is 1. The van der Waals surface area contributed by atoms with Crippen molar-refractivity contribution in [1.29, 1.82) is 0 Å². The maximum atomic E-state index is 12.2. The molecule has 1 atom stereocenters. The highest BCUT2D eigenvalue weighted by Crippen LogP contribution is 2.30. The van der Waals surface area contributed by atoms with Gasteiger partial charge in [-0.15, -0.1) is 0 Å². The number of sulfone groups is 1. The SMILES string of the molecule is COc1cc(CCC(=O)NC2CCS(=O)(=O)C2)ccc1OCC(F)(F)F. The van der Waals surface area contributed by atoms with Crippen molar-refractivity contribution in [3.05, 3.63) is 23.8 Å². The number of ether oxygens (including phenoxy) is 2. The fourth-order valence-corrected chi connectivity index (χ4v) is 4.29. The molecule has 0 aromatic heterocycles. The third-order valence-corrected chi connectivity index (χ3v) is 5.63. The number of nitrogens with one attached hydrogen (secondary N) is 1. The third-order valence-electron chi connectivity index (χ3n) is 3.86. The second-order valence-corrected chi connectivity index (χ2v) is 8.29. The molecule has 1 unspecified atom stereocenters. The summed E-state index contributed by atoms with van der Waals surface area (Å²) in [7, 11) is -1.75. The summed E-state index contributed by atoms with van der Waals surface area (Å²) in [4.78, 5) is 11.9. The topological polar surface area (TPSA) is 81.7 Å². The van der Waals surface area contributed by atoms with Crippen molar-refractivity contribution < 1.29 is 35.9 Å². The molecule has 0 radical (unpaired) electrons. The fraction of sp³-hybridized carbons (Fsp3) is 0.562. The van der Waals surface area contributed by atoms with Crippen LogP contribution in [0.4, 0.5) is 13.2 Å².